The van der Waals surface area contributed by atoms with Crippen LogP contribution < -0.4 is 10.1 Å². The highest BCUT2D eigenvalue weighted by Gasteiger charge is 2.17. The highest BCUT2D eigenvalue weighted by atomic mass is 16.5. The smallest absolute Gasteiger partial charge is 0.255 e. The molecule has 0 aliphatic heterocycles. The van der Waals surface area contributed by atoms with E-state index in [0.717, 1.165) is 11.1 Å². The van der Waals surface area contributed by atoms with Gasteiger partial charge in [0.2, 0.25) is 0 Å². The molecule has 0 aliphatic rings. The summed E-state index contributed by atoms with van der Waals surface area (Å²) >= 11 is 0. The van der Waals surface area contributed by atoms with Crippen molar-refractivity contribution in [3.63, 3.8) is 0 Å². The van der Waals surface area contributed by atoms with E-state index in [-0.39, 0.29) is 12.5 Å². The maximum atomic E-state index is 12.4. The molecule has 0 saturated carbocycles. The number of amides is 1. The van der Waals surface area contributed by atoms with Crippen LogP contribution in [0, 0.1) is 6.92 Å². The van der Waals surface area contributed by atoms with Crippen LogP contribution in [0.5, 0.6) is 5.75 Å². The molecule has 2 aromatic carbocycles. The Labute approximate surface area is 124 Å². The second-order valence-electron chi connectivity index (χ2n) is 4.82. The number of hydrogen-bond donors (Lipinski definition) is 2. The van der Waals surface area contributed by atoms with Crippen molar-refractivity contribution in [2.45, 2.75) is 13.0 Å². The molecule has 2 N–H and O–H groups in total. The Morgan fingerprint density at radius 2 is 1.95 bits per heavy atom. The fraction of sp³-hybridized carbons (Fsp3) is 0.235. The lowest BCUT2D eigenvalue weighted by Gasteiger charge is -2.18. The molecule has 0 aromatic heterocycles. The third-order valence-electron chi connectivity index (χ3n) is 3.29. The van der Waals surface area contributed by atoms with Crippen LogP contribution in [-0.4, -0.2) is 24.7 Å². The van der Waals surface area contributed by atoms with E-state index in [9.17, 15) is 9.90 Å². The molecule has 1 atom stereocenters. The van der Waals surface area contributed by atoms with E-state index in [1.807, 2.05) is 43.3 Å². The third kappa shape index (κ3) is 3.61. The molecule has 4 nitrogen and oxygen atoms in total. The average molecular weight is 285 g/mol. The Balaban J connectivity index is 2.22. The van der Waals surface area contributed by atoms with Crippen LogP contribution in [-0.2, 0) is 0 Å². The zero-order chi connectivity index (χ0) is 15.2. The fourth-order valence-corrected chi connectivity index (χ4v) is 2.15. The van der Waals surface area contributed by atoms with E-state index in [4.69, 9.17) is 4.74 Å². The number of benzene rings is 2. The summed E-state index contributed by atoms with van der Waals surface area (Å²) in [6, 6.07) is 14.4. The number of aliphatic hydroxyl groups is 1. The van der Waals surface area contributed by atoms with Crippen molar-refractivity contribution in [3.05, 3.63) is 65.2 Å². The summed E-state index contributed by atoms with van der Waals surface area (Å²) in [4.78, 5) is 12.4. The van der Waals surface area contributed by atoms with Gasteiger partial charge in [-0.15, -0.1) is 0 Å². The summed E-state index contributed by atoms with van der Waals surface area (Å²) in [5.41, 5.74) is 2.30. The number of ether oxygens (including phenoxy) is 1. The molecule has 2 rings (SSSR count). The number of carbonyl (C=O) groups is 1. The highest BCUT2D eigenvalue weighted by Crippen LogP contribution is 2.21. The van der Waals surface area contributed by atoms with Crippen LogP contribution in [0.3, 0.4) is 0 Å². The van der Waals surface area contributed by atoms with Crippen molar-refractivity contribution in [1.82, 2.24) is 5.32 Å². The van der Waals surface area contributed by atoms with E-state index < -0.39 is 6.04 Å². The first-order valence-corrected chi connectivity index (χ1v) is 6.77. The largest absolute Gasteiger partial charge is 0.496 e. The van der Waals surface area contributed by atoms with Gasteiger partial charge in [-0.3, -0.25) is 4.79 Å². The van der Waals surface area contributed by atoms with Crippen molar-refractivity contribution < 1.29 is 14.6 Å². The maximum Gasteiger partial charge on any atom is 0.255 e. The van der Waals surface area contributed by atoms with Gasteiger partial charge in [-0.2, -0.15) is 0 Å². The molecule has 0 heterocycles. The minimum atomic E-state index is -0.441. The van der Waals surface area contributed by atoms with E-state index in [1.165, 1.54) is 7.11 Å². The predicted octanol–water partition coefficient (Wildman–Crippen LogP) is 2.47. The van der Waals surface area contributed by atoms with E-state index in [0.29, 0.717) is 11.3 Å². The zero-order valence-corrected chi connectivity index (χ0v) is 12.2. The normalized spacial score (nSPS) is 11.8. The van der Waals surface area contributed by atoms with Crippen LogP contribution in [0.15, 0.2) is 48.5 Å². The number of nitrogens with one attached hydrogen (secondary N) is 1. The predicted molar refractivity (Wildman–Crippen MR) is 81.5 cm³/mol. The molecular weight excluding hydrogens is 266 g/mol. The molecule has 110 valence electrons. The van der Waals surface area contributed by atoms with Crippen LogP contribution in [0.25, 0.3) is 0 Å². The monoisotopic (exact) mass is 285 g/mol. The summed E-state index contributed by atoms with van der Waals surface area (Å²) in [6.07, 6.45) is 0. The second kappa shape index (κ2) is 6.90. The van der Waals surface area contributed by atoms with E-state index >= 15 is 0 Å². The summed E-state index contributed by atoms with van der Waals surface area (Å²) in [5.74, 6) is 0.251. The van der Waals surface area contributed by atoms with Crippen molar-refractivity contribution in [1.29, 1.82) is 0 Å². The van der Waals surface area contributed by atoms with Crippen LogP contribution >= 0.6 is 0 Å². The molecule has 1 unspecified atom stereocenters. The third-order valence-corrected chi connectivity index (χ3v) is 3.29. The molecule has 21 heavy (non-hydrogen) atoms. The Bertz CT molecular complexity index is 611. The molecule has 0 saturated heterocycles. The van der Waals surface area contributed by atoms with Gasteiger partial charge in [-0.1, -0.05) is 42.0 Å². The van der Waals surface area contributed by atoms with Crippen molar-refractivity contribution >= 4 is 5.91 Å². The van der Waals surface area contributed by atoms with Gasteiger partial charge in [0.25, 0.3) is 5.91 Å². The van der Waals surface area contributed by atoms with Crippen LogP contribution in [0.1, 0.15) is 27.5 Å². The minimum absolute atomic E-state index is 0.163. The van der Waals surface area contributed by atoms with Gasteiger partial charge in [-0.05, 0) is 24.6 Å². The molecule has 0 aliphatic carbocycles. The second-order valence-corrected chi connectivity index (χ2v) is 4.82. The van der Waals surface area contributed by atoms with E-state index in [1.54, 1.807) is 12.1 Å². The van der Waals surface area contributed by atoms with Gasteiger partial charge in [0, 0.05) is 0 Å². The number of hydrogen-bond acceptors (Lipinski definition) is 3. The first-order chi connectivity index (χ1) is 10.2. The van der Waals surface area contributed by atoms with Gasteiger partial charge >= 0.3 is 0 Å². The highest BCUT2D eigenvalue weighted by molar-refractivity contribution is 5.97. The molecule has 2 aromatic rings. The van der Waals surface area contributed by atoms with Gasteiger partial charge < -0.3 is 15.2 Å². The number of rotatable bonds is 5. The lowest BCUT2D eigenvalue weighted by Crippen LogP contribution is -2.31. The summed E-state index contributed by atoms with van der Waals surface area (Å²) < 4.78 is 5.22. The fourth-order valence-electron chi connectivity index (χ4n) is 2.15. The number of aryl methyl sites for hydroxylation is 1. The van der Waals surface area contributed by atoms with Gasteiger partial charge in [0.15, 0.2) is 0 Å². The van der Waals surface area contributed by atoms with E-state index in [2.05, 4.69) is 5.32 Å². The molecule has 0 radical (unpaired) electrons. The summed E-state index contributed by atoms with van der Waals surface area (Å²) in [5, 5.41) is 12.3. The topological polar surface area (TPSA) is 58.6 Å². The molecule has 4 heteroatoms. The van der Waals surface area contributed by atoms with Crippen molar-refractivity contribution in [2.75, 3.05) is 13.7 Å². The van der Waals surface area contributed by atoms with Gasteiger partial charge in [0.05, 0.1) is 25.3 Å². The number of methoxy groups -OCH3 is 1. The van der Waals surface area contributed by atoms with Gasteiger partial charge in [-0.25, -0.2) is 0 Å². The summed E-state index contributed by atoms with van der Waals surface area (Å²) in [7, 11) is 1.53. The average Bonchev–Trinajstić information content (AvgIpc) is 2.53. The van der Waals surface area contributed by atoms with Crippen molar-refractivity contribution in [3.8, 4) is 5.75 Å². The SMILES string of the molecule is COc1ccc(C)cc1C(=O)NC(CO)c1ccccc1. The lowest BCUT2D eigenvalue weighted by atomic mass is 10.1. The van der Waals surface area contributed by atoms with Crippen LogP contribution in [0.2, 0.25) is 0 Å². The number of carbonyl (C=O) groups excluding carboxylic acids is 1. The molecular formula is C17H19NO3. The standard InChI is InChI=1S/C17H19NO3/c1-12-8-9-16(21-2)14(10-12)17(20)18-15(11-19)13-6-4-3-5-7-13/h3-10,15,19H,11H2,1-2H3,(H,18,20). The quantitative estimate of drug-likeness (QED) is 0.887. The Kier molecular flexibility index (Phi) is 4.95. The Hall–Kier alpha value is -2.33. The Morgan fingerprint density at radius 3 is 2.57 bits per heavy atom. The first-order valence-electron chi connectivity index (χ1n) is 6.77. The summed E-state index contributed by atoms with van der Waals surface area (Å²) in [6.45, 7) is 1.75. The lowest BCUT2D eigenvalue weighted by molar-refractivity contribution is 0.0913. The minimum Gasteiger partial charge on any atom is -0.496 e. The maximum absolute atomic E-state index is 12.4. The first kappa shape index (κ1) is 15.1. The molecule has 0 fully saturated rings. The Morgan fingerprint density at radius 1 is 1.24 bits per heavy atom. The van der Waals surface area contributed by atoms with Gasteiger partial charge in [0.1, 0.15) is 5.75 Å². The molecule has 1 amide bonds. The number of aliphatic hydroxyl groups excluding tert-OH is 1. The molecule has 0 spiro atoms. The molecule has 0 bridgehead atoms. The van der Waals surface area contributed by atoms with Crippen molar-refractivity contribution in [2.24, 2.45) is 0 Å². The zero-order valence-electron chi connectivity index (χ0n) is 12.2. The van der Waals surface area contributed by atoms with Crippen LogP contribution in [0.4, 0.5) is 0 Å².